The summed E-state index contributed by atoms with van der Waals surface area (Å²) in [7, 11) is 2.76. The first-order chi connectivity index (χ1) is 14.9. The van der Waals surface area contributed by atoms with E-state index in [1.54, 1.807) is 30.3 Å². The number of methoxy groups -OCH3 is 2. The monoisotopic (exact) mass is 520 g/mol. The fourth-order valence-corrected chi connectivity index (χ4v) is 4.98. The first-order valence-corrected chi connectivity index (χ1v) is 11.3. The molecule has 3 rings (SSSR count). The Morgan fingerprint density at radius 1 is 1.26 bits per heavy atom. The maximum Gasteiger partial charge on any atom is 0.319 e. The van der Waals surface area contributed by atoms with Gasteiger partial charge in [-0.2, -0.15) is 5.26 Å². The van der Waals surface area contributed by atoms with Crippen LogP contribution >= 0.6 is 39.3 Å². The second-order valence-corrected chi connectivity index (χ2v) is 8.91. The third-order valence-corrected chi connectivity index (χ3v) is 6.78. The summed E-state index contributed by atoms with van der Waals surface area (Å²) >= 11 is 10.7. The van der Waals surface area contributed by atoms with Gasteiger partial charge in [0.05, 0.1) is 35.4 Å². The number of carbonyl (C=O) groups is 2. The zero-order valence-electron chi connectivity index (χ0n) is 16.6. The van der Waals surface area contributed by atoms with Crippen LogP contribution in [-0.2, 0) is 20.1 Å². The number of benzene rings is 2. The fourth-order valence-electron chi connectivity index (χ4n) is 3.29. The summed E-state index contributed by atoms with van der Waals surface area (Å²) in [5.41, 5.74) is 1.90. The maximum atomic E-state index is 12.9. The number of amides is 1. The van der Waals surface area contributed by atoms with Gasteiger partial charge in [-0.25, -0.2) is 0 Å². The number of thioether (sulfide) groups is 1. The van der Waals surface area contributed by atoms with Crippen LogP contribution in [0.2, 0.25) is 5.02 Å². The topological polar surface area (TPSA) is 88.4 Å². The predicted molar refractivity (Wildman–Crippen MR) is 122 cm³/mol. The van der Waals surface area contributed by atoms with Gasteiger partial charge >= 0.3 is 5.97 Å². The van der Waals surface area contributed by atoms with Gasteiger partial charge in [0.2, 0.25) is 5.91 Å². The Morgan fingerprint density at radius 2 is 1.97 bits per heavy atom. The molecule has 0 bridgehead atoms. The van der Waals surface area contributed by atoms with Crippen molar-refractivity contribution in [3.8, 4) is 11.8 Å². The molecule has 0 fully saturated rings. The first-order valence-electron chi connectivity index (χ1n) is 9.13. The molecule has 1 aliphatic rings. The van der Waals surface area contributed by atoms with Crippen molar-refractivity contribution < 1.29 is 19.1 Å². The molecule has 0 spiro atoms. The highest BCUT2D eigenvalue weighted by molar-refractivity contribution is 9.10. The third-order valence-electron chi connectivity index (χ3n) is 4.82. The molecule has 2 aromatic rings. The largest absolute Gasteiger partial charge is 0.496 e. The number of allylic oxidation sites excluding steroid dienone is 1. The van der Waals surface area contributed by atoms with E-state index in [9.17, 15) is 14.9 Å². The van der Waals surface area contributed by atoms with Gasteiger partial charge in [0.15, 0.2) is 0 Å². The van der Waals surface area contributed by atoms with Gasteiger partial charge < -0.3 is 14.8 Å². The lowest BCUT2D eigenvalue weighted by atomic mass is 9.78. The number of ether oxygens (including phenoxy) is 2. The molecule has 1 amide bonds. The minimum atomic E-state index is -1.18. The summed E-state index contributed by atoms with van der Waals surface area (Å²) in [6, 6.07) is 14.7. The van der Waals surface area contributed by atoms with Crippen LogP contribution in [0, 0.1) is 17.2 Å². The van der Waals surface area contributed by atoms with Crippen molar-refractivity contribution >= 4 is 51.2 Å². The minimum absolute atomic E-state index is 0.297. The highest BCUT2D eigenvalue weighted by Crippen LogP contribution is 2.42. The number of nitrogens with zero attached hydrogens (tertiary/aromatic N) is 1. The molecular formula is C22H18BrClN2O4S. The first kappa shape index (κ1) is 23.2. The predicted octanol–water partition coefficient (Wildman–Crippen LogP) is 4.78. The molecule has 6 nitrogen and oxygen atoms in total. The van der Waals surface area contributed by atoms with E-state index >= 15 is 0 Å². The number of halogens is 2. The molecule has 0 unspecified atom stereocenters. The van der Waals surface area contributed by atoms with E-state index in [-0.39, 0.29) is 0 Å². The van der Waals surface area contributed by atoms with Gasteiger partial charge in [0, 0.05) is 16.7 Å². The lowest BCUT2D eigenvalue weighted by Gasteiger charge is -2.31. The van der Waals surface area contributed by atoms with Gasteiger partial charge in [0.25, 0.3) is 0 Å². The fraction of sp³-hybridized carbons (Fsp3) is 0.227. The van der Waals surface area contributed by atoms with Crippen LogP contribution in [0.1, 0.15) is 17.0 Å². The Morgan fingerprint density at radius 3 is 2.55 bits per heavy atom. The SMILES string of the molecule is COC(=O)[C@H]1C(=O)NC(SCc2ccc(Cl)cc2)=C(C#N)[C@H]1c1ccc(OC)c(Br)c1. The van der Waals surface area contributed by atoms with Gasteiger partial charge in [-0.3, -0.25) is 9.59 Å². The van der Waals surface area contributed by atoms with E-state index in [1.807, 2.05) is 12.1 Å². The van der Waals surface area contributed by atoms with E-state index < -0.39 is 23.7 Å². The van der Waals surface area contributed by atoms with Crippen LogP contribution in [0.4, 0.5) is 0 Å². The molecule has 0 aliphatic carbocycles. The Balaban J connectivity index is 2.04. The smallest absolute Gasteiger partial charge is 0.319 e. The average Bonchev–Trinajstić information content (AvgIpc) is 2.77. The van der Waals surface area contributed by atoms with E-state index in [4.69, 9.17) is 21.1 Å². The number of hydrogen-bond donors (Lipinski definition) is 1. The van der Waals surface area contributed by atoms with Crippen molar-refractivity contribution in [1.29, 1.82) is 5.26 Å². The third kappa shape index (κ3) is 5.06. The van der Waals surface area contributed by atoms with Crippen molar-refractivity contribution in [1.82, 2.24) is 5.32 Å². The van der Waals surface area contributed by atoms with E-state index in [1.165, 1.54) is 26.0 Å². The molecule has 9 heteroatoms. The lowest BCUT2D eigenvalue weighted by molar-refractivity contribution is -0.150. The second-order valence-electron chi connectivity index (χ2n) is 6.63. The van der Waals surface area contributed by atoms with Crippen LogP contribution in [0.15, 0.2) is 57.5 Å². The summed E-state index contributed by atoms with van der Waals surface area (Å²) in [6.07, 6.45) is 0. The number of nitrogens with one attached hydrogen (secondary N) is 1. The molecule has 0 saturated carbocycles. The lowest BCUT2D eigenvalue weighted by Crippen LogP contribution is -2.44. The Hall–Kier alpha value is -2.47. The number of rotatable bonds is 6. The molecule has 0 aromatic heterocycles. The number of hydrogen-bond acceptors (Lipinski definition) is 6. The van der Waals surface area contributed by atoms with E-state index in [2.05, 4.69) is 27.3 Å². The van der Waals surface area contributed by atoms with Crippen molar-refractivity contribution in [2.45, 2.75) is 11.7 Å². The zero-order valence-corrected chi connectivity index (χ0v) is 19.8. The van der Waals surface area contributed by atoms with Crippen LogP contribution < -0.4 is 10.1 Å². The molecule has 160 valence electrons. The Bertz CT molecular complexity index is 1080. The van der Waals surface area contributed by atoms with E-state index in [0.29, 0.717) is 37.2 Å². The quantitative estimate of drug-likeness (QED) is 0.435. The van der Waals surface area contributed by atoms with Gasteiger partial charge in [-0.15, -0.1) is 11.8 Å². The molecule has 0 radical (unpaired) electrons. The van der Waals surface area contributed by atoms with Crippen LogP contribution in [-0.4, -0.2) is 26.1 Å². The van der Waals surface area contributed by atoms with Crippen LogP contribution in [0.3, 0.4) is 0 Å². The Labute approximate surface area is 197 Å². The summed E-state index contributed by atoms with van der Waals surface area (Å²) in [5, 5.41) is 13.7. The normalized spacial score (nSPS) is 18.2. The standard InChI is InChI=1S/C22H18BrClN2O4S/c1-29-17-8-5-13(9-16(17)23)18-15(10-25)21(26-20(27)19(18)22(28)30-2)31-11-12-3-6-14(24)7-4-12/h3-9,18-19H,11H2,1-2H3,(H,26,27)/t18-,19-/m1/s1. The minimum Gasteiger partial charge on any atom is -0.496 e. The molecule has 2 atom stereocenters. The number of esters is 1. The molecule has 0 saturated heterocycles. The molecular weight excluding hydrogens is 504 g/mol. The number of carbonyl (C=O) groups excluding carboxylic acids is 2. The molecule has 1 aliphatic heterocycles. The molecule has 31 heavy (non-hydrogen) atoms. The van der Waals surface area contributed by atoms with Crippen molar-refractivity contribution in [3.63, 3.8) is 0 Å². The summed E-state index contributed by atoms with van der Waals surface area (Å²) in [5.74, 6) is -2.08. The average molecular weight is 522 g/mol. The summed E-state index contributed by atoms with van der Waals surface area (Å²) in [6.45, 7) is 0. The zero-order chi connectivity index (χ0) is 22.5. The van der Waals surface area contributed by atoms with Gasteiger partial charge in [-0.05, 0) is 51.3 Å². The van der Waals surface area contributed by atoms with Crippen molar-refractivity contribution in [2.24, 2.45) is 5.92 Å². The number of nitriles is 1. The second kappa shape index (κ2) is 10.2. The molecule has 2 aromatic carbocycles. The van der Waals surface area contributed by atoms with Crippen LogP contribution in [0.25, 0.3) is 0 Å². The molecule has 1 N–H and O–H groups in total. The molecule has 1 heterocycles. The summed E-state index contributed by atoms with van der Waals surface area (Å²) in [4.78, 5) is 25.4. The maximum absolute atomic E-state index is 12.9. The van der Waals surface area contributed by atoms with Crippen molar-refractivity contribution in [3.05, 3.63) is 73.7 Å². The highest BCUT2D eigenvalue weighted by atomic mass is 79.9. The van der Waals surface area contributed by atoms with Crippen molar-refractivity contribution in [2.75, 3.05) is 14.2 Å². The summed E-state index contributed by atoms with van der Waals surface area (Å²) < 4.78 is 10.8. The van der Waals surface area contributed by atoms with Gasteiger partial charge in [0.1, 0.15) is 11.7 Å². The Kier molecular flexibility index (Phi) is 7.65. The van der Waals surface area contributed by atoms with E-state index in [0.717, 1.165) is 5.56 Å². The van der Waals surface area contributed by atoms with Gasteiger partial charge in [-0.1, -0.05) is 29.8 Å². The highest BCUT2D eigenvalue weighted by Gasteiger charge is 2.44. The van der Waals surface area contributed by atoms with Crippen LogP contribution in [0.5, 0.6) is 5.75 Å².